The Morgan fingerprint density at radius 3 is 2.85 bits per heavy atom. The second kappa shape index (κ2) is 6.24. The Labute approximate surface area is 131 Å². The van der Waals surface area contributed by atoms with Gasteiger partial charge in [0.2, 0.25) is 0 Å². The zero-order valence-electron chi connectivity index (χ0n) is 11.3. The summed E-state index contributed by atoms with van der Waals surface area (Å²) in [5.41, 5.74) is 3.65. The van der Waals surface area contributed by atoms with Crippen molar-refractivity contribution in [2.75, 3.05) is 6.54 Å². The molecule has 0 bridgehead atoms. The van der Waals surface area contributed by atoms with Gasteiger partial charge in [-0.25, -0.2) is 9.97 Å². The van der Waals surface area contributed by atoms with Gasteiger partial charge in [-0.15, -0.1) is 11.8 Å². The van der Waals surface area contributed by atoms with Gasteiger partial charge in [0.1, 0.15) is 5.82 Å². The maximum atomic E-state index is 4.70. The Morgan fingerprint density at radius 2 is 2.05 bits per heavy atom. The maximum absolute atomic E-state index is 4.70. The van der Waals surface area contributed by atoms with E-state index >= 15 is 0 Å². The van der Waals surface area contributed by atoms with Gasteiger partial charge in [0.15, 0.2) is 0 Å². The van der Waals surface area contributed by atoms with Gasteiger partial charge < -0.3 is 5.32 Å². The third-order valence-corrected chi connectivity index (χ3v) is 4.91. The van der Waals surface area contributed by atoms with E-state index in [9.17, 15) is 0 Å². The van der Waals surface area contributed by atoms with Gasteiger partial charge >= 0.3 is 0 Å². The molecule has 1 aliphatic rings. The number of thioether (sulfide) groups is 1. The largest absolute Gasteiger partial charge is 0.311 e. The molecule has 0 saturated heterocycles. The molecule has 20 heavy (non-hydrogen) atoms. The molecule has 1 N–H and O–H groups in total. The number of hydrogen-bond acceptors (Lipinski definition) is 4. The molecule has 2 heterocycles. The first-order valence-electron chi connectivity index (χ1n) is 6.67. The minimum Gasteiger partial charge on any atom is -0.311 e. The highest BCUT2D eigenvalue weighted by Crippen LogP contribution is 2.24. The van der Waals surface area contributed by atoms with E-state index in [-0.39, 0.29) is 0 Å². The minimum absolute atomic E-state index is 0.815. The average molecular weight is 350 g/mol. The molecule has 0 spiro atoms. The van der Waals surface area contributed by atoms with Crippen molar-refractivity contribution in [3.8, 4) is 0 Å². The van der Waals surface area contributed by atoms with Crippen molar-refractivity contribution in [1.82, 2.24) is 15.3 Å². The topological polar surface area (TPSA) is 37.8 Å². The highest BCUT2D eigenvalue weighted by Gasteiger charge is 2.14. The van der Waals surface area contributed by atoms with Crippen molar-refractivity contribution in [1.29, 1.82) is 0 Å². The average Bonchev–Trinajstić information content (AvgIpc) is 2.47. The molecule has 1 aromatic heterocycles. The van der Waals surface area contributed by atoms with Gasteiger partial charge in [0, 0.05) is 21.6 Å². The van der Waals surface area contributed by atoms with Crippen molar-refractivity contribution in [2.24, 2.45) is 0 Å². The number of hydrogen-bond donors (Lipinski definition) is 1. The molecule has 1 aliphatic heterocycles. The summed E-state index contributed by atoms with van der Waals surface area (Å²) in [5.74, 6) is 1.74. The lowest BCUT2D eigenvalue weighted by molar-refractivity contribution is 0.614. The number of nitrogens with zero attached hydrogens (tertiary/aromatic N) is 2. The third kappa shape index (κ3) is 3.22. The fraction of sp³-hybridized carbons (Fsp3) is 0.333. The number of fused-ring (bicyclic) bond motifs is 1. The summed E-state index contributed by atoms with van der Waals surface area (Å²) in [6.45, 7) is 4.00. The fourth-order valence-electron chi connectivity index (χ4n) is 2.35. The molecule has 0 fully saturated rings. The molecule has 2 aromatic rings. The van der Waals surface area contributed by atoms with Crippen LogP contribution in [0.2, 0.25) is 0 Å². The summed E-state index contributed by atoms with van der Waals surface area (Å²) in [6.07, 6.45) is 1.04. The van der Waals surface area contributed by atoms with Gasteiger partial charge in [-0.05, 0) is 49.7 Å². The normalized spacial score (nSPS) is 14.1. The number of rotatable bonds is 3. The molecule has 5 heteroatoms. The Bertz CT molecular complexity index is 613. The first-order chi connectivity index (χ1) is 9.72. The lowest BCUT2D eigenvalue weighted by Gasteiger charge is -2.18. The van der Waals surface area contributed by atoms with Crippen LogP contribution in [0.4, 0.5) is 0 Å². The second-order valence-corrected chi connectivity index (χ2v) is 6.78. The molecule has 0 saturated carbocycles. The number of nitrogens with one attached hydrogen (secondary N) is 1. The van der Waals surface area contributed by atoms with Crippen LogP contribution in [-0.4, -0.2) is 16.5 Å². The number of aromatic nitrogens is 2. The Morgan fingerprint density at radius 1 is 1.25 bits per heavy atom. The van der Waals surface area contributed by atoms with E-state index in [4.69, 9.17) is 4.98 Å². The van der Waals surface area contributed by atoms with Crippen LogP contribution in [0.3, 0.4) is 0 Å². The van der Waals surface area contributed by atoms with Crippen molar-refractivity contribution < 1.29 is 0 Å². The number of halogens is 1. The smallest absolute Gasteiger partial charge is 0.139 e. The summed E-state index contributed by atoms with van der Waals surface area (Å²) in [5, 5.41) is 3.37. The molecule has 0 unspecified atom stereocenters. The molecular weight excluding hydrogens is 334 g/mol. The molecule has 0 atom stereocenters. The van der Waals surface area contributed by atoms with Crippen LogP contribution in [0.5, 0.6) is 0 Å². The summed E-state index contributed by atoms with van der Waals surface area (Å²) in [7, 11) is 0. The molecule has 3 nitrogen and oxygen atoms in total. The summed E-state index contributed by atoms with van der Waals surface area (Å²) < 4.78 is 1.11. The zero-order chi connectivity index (χ0) is 13.9. The molecule has 3 rings (SSSR count). The SMILES string of the molecule is Cc1nc(CSc2ccc(Br)cc2)nc2c1CCNC2. The first kappa shape index (κ1) is 14.0. The van der Waals surface area contributed by atoms with Crippen LogP contribution in [0.15, 0.2) is 33.6 Å². The van der Waals surface area contributed by atoms with E-state index in [0.29, 0.717) is 0 Å². The summed E-state index contributed by atoms with van der Waals surface area (Å²) >= 11 is 5.23. The third-order valence-electron chi connectivity index (χ3n) is 3.37. The van der Waals surface area contributed by atoms with E-state index in [1.54, 1.807) is 11.8 Å². The summed E-state index contributed by atoms with van der Waals surface area (Å²) in [6, 6.07) is 8.35. The molecule has 0 aliphatic carbocycles. The zero-order valence-corrected chi connectivity index (χ0v) is 13.7. The number of aryl methyl sites for hydroxylation is 1. The van der Waals surface area contributed by atoms with Crippen molar-refractivity contribution in [3.05, 3.63) is 51.5 Å². The van der Waals surface area contributed by atoms with Crippen LogP contribution in [0, 0.1) is 6.92 Å². The predicted molar refractivity (Wildman–Crippen MR) is 85.9 cm³/mol. The standard InChI is InChI=1S/C15H16BrN3S/c1-10-13-6-7-17-8-14(13)19-15(18-10)9-20-12-4-2-11(16)3-5-12/h2-5,17H,6-9H2,1H3. The van der Waals surface area contributed by atoms with Crippen molar-refractivity contribution in [2.45, 2.75) is 30.5 Å². The Balaban J connectivity index is 1.74. The quantitative estimate of drug-likeness (QED) is 0.860. The lowest BCUT2D eigenvalue weighted by Crippen LogP contribution is -2.26. The van der Waals surface area contributed by atoms with Crippen molar-refractivity contribution in [3.63, 3.8) is 0 Å². The van der Waals surface area contributed by atoms with Crippen LogP contribution in [-0.2, 0) is 18.7 Å². The Hall–Kier alpha value is -0.910. The van der Waals surface area contributed by atoms with Gasteiger partial charge in [-0.1, -0.05) is 15.9 Å². The molecular formula is C15H16BrN3S. The van der Waals surface area contributed by atoms with Crippen molar-refractivity contribution >= 4 is 27.7 Å². The van der Waals surface area contributed by atoms with E-state index in [2.05, 4.69) is 57.4 Å². The first-order valence-corrected chi connectivity index (χ1v) is 8.44. The highest BCUT2D eigenvalue weighted by atomic mass is 79.9. The van der Waals surface area contributed by atoms with E-state index in [1.165, 1.54) is 16.2 Å². The minimum atomic E-state index is 0.815. The van der Waals surface area contributed by atoms with Gasteiger partial charge in [-0.2, -0.15) is 0 Å². The Kier molecular flexibility index (Phi) is 4.38. The van der Waals surface area contributed by atoms with Gasteiger partial charge in [0.05, 0.1) is 11.4 Å². The number of benzene rings is 1. The maximum Gasteiger partial charge on any atom is 0.139 e. The van der Waals surface area contributed by atoms with E-state index in [0.717, 1.165) is 41.3 Å². The van der Waals surface area contributed by atoms with Gasteiger partial charge in [0.25, 0.3) is 0 Å². The monoisotopic (exact) mass is 349 g/mol. The summed E-state index contributed by atoms with van der Waals surface area (Å²) in [4.78, 5) is 10.6. The highest BCUT2D eigenvalue weighted by molar-refractivity contribution is 9.10. The fourth-order valence-corrected chi connectivity index (χ4v) is 3.37. The van der Waals surface area contributed by atoms with Crippen LogP contribution >= 0.6 is 27.7 Å². The predicted octanol–water partition coefficient (Wildman–Crippen LogP) is 3.49. The van der Waals surface area contributed by atoms with E-state index in [1.807, 2.05) is 0 Å². The molecule has 0 radical (unpaired) electrons. The molecule has 104 valence electrons. The van der Waals surface area contributed by atoms with Crippen LogP contribution in [0.25, 0.3) is 0 Å². The molecule has 1 aromatic carbocycles. The van der Waals surface area contributed by atoms with E-state index < -0.39 is 0 Å². The van der Waals surface area contributed by atoms with Crippen LogP contribution < -0.4 is 5.32 Å². The second-order valence-electron chi connectivity index (χ2n) is 4.82. The lowest BCUT2D eigenvalue weighted by atomic mass is 10.1. The van der Waals surface area contributed by atoms with Gasteiger partial charge in [-0.3, -0.25) is 0 Å². The molecule has 0 amide bonds. The van der Waals surface area contributed by atoms with Crippen LogP contribution in [0.1, 0.15) is 22.8 Å².